The molecule has 2 aromatic carbocycles. The van der Waals surface area contributed by atoms with Gasteiger partial charge in [-0.25, -0.2) is 13.1 Å². The van der Waals surface area contributed by atoms with Crippen molar-refractivity contribution in [3.8, 4) is 17.2 Å². The molecule has 0 spiro atoms. The summed E-state index contributed by atoms with van der Waals surface area (Å²) in [7, 11) is -1.90. The van der Waals surface area contributed by atoms with E-state index in [9.17, 15) is 8.42 Å². The van der Waals surface area contributed by atoms with Gasteiger partial charge in [0.15, 0.2) is 0 Å². The van der Waals surface area contributed by atoms with Crippen LogP contribution in [-0.4, -0.2) is 35.2 Å². The summed E-state index contributed by atoms with van der Waals surface area (Å²) >= 11 is 0. The summed E-state index contributed by atoms with van der Waals surface area (Å²) in [5, 5.41) is 3.35. The van der Waals surface area contributed by atoms with Crippen LogP contribution < -0.4 is 19.5 Å². The first-order chi connectivity index (χ1) is 13.1. The van der Waals surface area contributed by atoms with Crippen molar-refractivity contribution in [2.24, 2.45) is 5.92 Å². The fraction of sp³-hybridized carbons (Fsp3) is 0.400. The van der Waals surface area contributed by atoms with Crippen molar-refractivity contribution in [2.75, 3.05) is 26.7 Å². The summed E-state index contributed by atoms with van der Waals surface area (Å²) in [6.45, 7) is 2.49. The Morgan fingerprint density at radius 1 is 1.04 bits per heavy atom. The van der Waals surface area contributed by atoms with Crippen LogP contribution >= 0.6 is 0 Å². The highest BCUT2D eigenvalue weighted by Crippen LogP contribution is 2.25. The van der Waals surface area contributed by atoms with Gasteiger partial charge in [-0.05, 0) is 86.8 Å². The predicted molar refractivity (Wildman–Crippen MR) is 105 cm³/mol. The maximum Gasteiger partial charge on any atom is 0.240 e. The van der Waals surface area contributed by atoms with Gasteiger partial charge in [-0.1, -0.05) is 0 Å². The van der Waals surface area contributed by atoms with Crippen LogP contribution in [0, 0.1) is 5.92 Å². The zero-order valence-corrected chi connectivity index (χ0v) is 16.3. The normalized spacial score (nSPS) is 17.4. The van der Waals surface area contributed by atoms with E-state index in [2.05, 4.69) is 10.0 Å². The Morgan fingerprint density at radius 2 is 1.67 bits per heavy atom. The van der Waals surface area contributed by atoms with Gasteiger partial charge in [0, 0.05) is 6.54 Å². The standard InChI is InChI=1S/C20H26N2O4S/c1-25-17-4-6-18(7-5-17)26-19-8-10-20(11-9-19)27(23,24)22-14-12-16-3-2-13-21-15-16/h4-11,16,21-22H,2-3,12-15H2,1H3. The molecule has 1 atom stereocenters. The summed E-state index contributed by atoms with van der Waals surface area (Å²) in [5.74, 6) is 2.53. The molecule has 3 rings (SSSR count). The van der Waals surface area contributed by atoms with Gasteiger partial charge in [-0.15, -0.1) is 0 Å². The largest absolute Gasteiger partial charge is 0.497 e. The van der Waals surface area contributed by atoms with Crippen LogP contribution in [0.25, 0.3) is 0 Å². The van der Waals surface area contributed by atoms with Crippen molar-refractivity contribution < 1.29 is 17.9 Å². The molecule has 1 saturated heterocycles. The molecule has 6 nitrogen and oxygen atoms in total. The Morgan fingerprint density at radius 3 is 2.26 bits per heavy atom. The summed E-state index contributed by atoms with van der Waals surface area (Å²) < 4.78 is 38.4. The number of hydrogen-bond acceptors (Lipinski definition) is 5. The third-order valence-corrected chi connectivity index (χ3v) is 6.15. The zero-order chi connectivity index (χ0) is 19.1. The highest BCUT2D eigenvalue weighted by molar-refractivity contribution is 7.89. The van der Waals surface area contributed by atoms with Crippen LogP contribution in [0.15, 0.2) is 53.4 Å². The van der Waals surface area contributed by atoms with Crippen LogP contribution in [0.5, 0.6) is 17.2 Å². The zero-order valence-electron chi connectivity index (χ0n) is 15.5. The molecular formula is C20H26N2O4S. The Hall–Kier alpha value is -2.09. The van der Waals surface area contributed by atoms with E-state index in [0.29, 0.717) is 24.0 Å². The number of hydrogen-bond donors (Lipinski definition) is 2. The van der Waals surface area contributed by atoms with Gasteiger partial charge in [0.05, 0.1) is 12.0 Å². The molecule has 1 fully saturated rings. The molecular weight excluding hydrogens is 364 g/mol. The summed E-state index contributed by atoms with van der Waals surface area (Å²) in [6.07, 6.45) is 3.17. The topological polar surface area (TPSA) is 76.7 Å². The molecule has 1 aliphatic rings. The molecule has 146 valence electrons. The number of rotatable bonds is 8. The van der Waals surface area contributed by atoms with E-state index < -0.39 is 10.0 Å². The molecule has 0 aliphatic carbocycles. The van der Waals surface area contributed by atoms with Crippen LogP contribution in [-0.2, 0) is 10.0 Å². The number of nitrogens with one attached hydrogen (secondary N) is 2. The summed E-state index contributed by atoms with van der Waals surface area (Å²) in [5.41, 5.74) is 0. The van der Waals surface area contributed by atoms with Gasteiger partial charge >= 0.3 is 0 Å². The third-order valence-electron chi connectivity index (χ3n) is 4.67. The second-order valence-electron chi connectivity index (χ2n) is 6.65. The lowest BCUT2D eigenvalue weighted by molar-refractivity contribution is 0.358. The number of piperidine rings is 1. The lowest BCUT2D eigenvalue weighted by atomic mass is 9.96. The van der Waals surface area contributed by atoms with E-state index in [4.69, 9.17) is 9.47 Å². The highest BCUT2D eigenvalue weighted by Gasteiger charge is 2.16. The van der Waals surface area contributed by atoms with Gasteiger partial charge in [-0.2, -0.15) is 0 Å². The first kappa shape index (κ1) is 19.7. The van der Waals surface area contributed by atoms with Crippen LogP contribution in [0.3, 0.4) is 0 Å². The number of sulfonamides is 1. The van der Waals surface area contributed by atoms with E-state index in [1.807, 2.05) is 0 Å². The third kappa shape index (κ3) is 5.69. The van der Waals surface area contributed by atoms with E-state index in [1.165, 1.54) is 0 Å². The maximum atomic E-state index is 12.4. The van der Waals surface area contributed by atoms with E-state index in [0.717, 1.165) is 38.1 Å². The molecule has 27 heavy (non-hydrogen) atoms. The minimum absolute atomic E-state index is 0.242. The lowest BCUT2D eigenvalue weighted by Crippen LogP contribution is -2.33. The molecule has 2 N–H and O–H groups in total. The van der Waals surface area contributed by atoms with Crippen LogP contribution in [0.4, 0.5) is 0 Å². The Balaban J connectivity index is 1.54. The number of ether oxygens (including phenoxy) is 2. The molecule has 0 amide bonds. The molecule has 1 unspecified atom stereocenters. The van der Waals surface area contributed by atoms with Crippen molar-refractivity contribution in [3.05, 3.63) is 48.5 Å². The maximum absolute atomic E-state index is 12.4. The first-order valence-corrected chi connectivity index (χ1v) is 10.7. The first-order valence-electron chi connectivity index (χ1n) is 9.19. The fourth-order valence-corrected chi connectivity index (χ4v) is 4.17. The van der Waals surface area contributed by atoms with Gasteiger partial charge in [0.25, 0.3) is 0 Å². The van der Waals surface area contributed by atoms with E-state index >= 15 is 0 Å². The van der Waals surface area contributed by atoms with Crippen LogP contribution in [0.2, 0.25) is 0 Å². The van der Waals surface area contributed by atoms with Crippen molar-refractivity contribution in [1.29, 1.82) is 0 Å². The molecule has 1 heterocycles. The van der Waals surface area contributed by atoms with Gasteiger partial charge in [0.2, 0.25) is 10.0 Å². The van der Waals surface area contributed by atoms with Crippen molar-refractivity contribution in [2.45, 2.75) is 24.2 Å². The Labute approximate surface area is 160 Å². The van der Waals surface area contributed by atoms with Gasteiger partial charge in [0.1, 0.15) is 17.2 Å². The molecule has 2 aromatic rings. The van der Waals surface area contributed by atoms with E-state index in [-0.39, 0.29) is 4.90 Å². The molecule has 1 aliphatic heterocycles. The second kappa shape index (κ2) is 9.21. The fourth-order valence-electron chi connectivity index (χ4n) is 3.12. The summed E-state index contributed by atoms with van der Waals surface area (Å²) in [4.78, 5) is 0.242. The molecule has 0 radical (unpaired) electrons. The highest BCUT2D eigenvalue weighted by atomic mass is 32.2. The van der Waals surface area contributed by atoms with Gasteiger partial charge in [-0.3, -0.25) is 0 Å². The summed E-state index contributed by atoms with van der Waals surface area (Å²) in [6, 6.07) is 13.6. The second-order valence-corrected chi connectivity index (χ2v) is 8.41. The van der Waals surface area contributed by atoms with Crippen molar-refractivity contribution >= 4 is 10.0 Å². The van der Waals surface area contributed by atoms with Crippen LogP contribution in [0.1, 0.15) is 19.3 Å². The van der Waals surface area contributed by atoms with Crippen molar-refractivity contribution in [1.82, 2.24) is 10.0 Å². The molecule has 7 heteroatoms. The lowest BCUT2D eigenvalue weighted by Gasteiger charge is -2.22. The smallest absolute Gasteiger partial charge is 0.240 e. The number of methoxy groups -OCH3 is 1. The quantitative estimate of drug-likeness (QED) is 0.724. The average molecular weight is 391 g/mol. The SMILES string of the molecule is COc1ccc(Oc2ccc(S(=O)(=O)NCCC3CCCNC3)cc2)cc1. The Bertz CT molecular complexity index is 814. The molecule has 0 bridgehead atoms. The van der Waals surface area contributed by atoms with E-state index in [1.54, 1.807) is 55.6 Å². The van der Waals surface area contributed by atoms with Gasteiger partial charge < -0.3 is 14.8 Å². The minimum atomic E-state index is -3.50. The molecule has 0 saturated carbocycles. The number of benzene rings is 2. The minimum Gasteiger partial charge on any atom is -0.497 e. The molecule has 0 aromatic heterocycles. The monoisotopic (exact) mass is 390 g/mol. The average Bonchev–Trinajstić information content (AvgIpc) is 2.70. The Kier molecular flexibility index (Phi) is 6.71. The van der Waals surface area contributed by atoms with Crippen molar-refractivity contribution in [3.63, 3.8) is 0 Å². The predicted octanol–water partition coefficient (Wildman–Crippen LogP) is 3.16.